The zero-order chi connectivity index (χ0) is 17.6. The van der Waals surface area contributed by atoms with Crippen molar-refractivity contribution in [2.45, 2.75) is 96.5 Å². The van der Waals surface area contributed by atoms with Crippen LogP contribution in [0, 0.1) is 11.8 Å². The zero-order valence-electron chi connectivity index (χ0n) is 15.5. The third kappa shape index (κ3) is 11.0. The van der Waals surface area contributed by atoms with E-state index in [2.05, 4.69) is 6.92 Å². The van der Waals surface area contributed by atoms with Gasteiger partial charge in [0.15, 0.2) is 0 Å². The molecule has 1 aliphatic rings. The normalized spacial score (nSPS) is 20.8. The number of esters is 1. The van der Waals surface area contributed by atoms with E-state index in [0.29, 0.717) is 6.42 Å². The quantitative estimate of drug-likeness (QED) is 0.325. The number of rotatable bonds is 16. The Morgan fingerprint density at radius 2 is 1.58 bits per heavy atom. The zero-order valence-corrected chi connectivity index (χ0v) is 15.5. The molecule has 0 amide bonds. The summed E-state index contributed by atoms with van der Waals surface area (Å²) in [6.07, 6.45) is 15.1. The van der Waals surface area contributed by atoms with E-state index in [-0.39, 0.29) is 19.2 Å². The SMILES string of the molecule is CCCCCCCC1CC1CCCCCCC(=O)OCC(O)CO. The van der Waals surface area contributed by atoms with Crippen LogP contribution in [0.3, 0.4) is 0 Å². The van der Waals surface area contributed by atoms with Crippen LogP contribution in [0.2, 0.25) is 0 Å². The van der Waals surface area contributed by atoms with Crippen molar-refractivity contribution in [3.63, 3.8) is 0 Å². The first kappa shape index (κ1) is 21.4. The number of aliphatic hydroxyl groups is 2. The molecule has 0 aromatic carbocycles. The van der Waals surface area contributed by atoms with Crippen molar-refractivity contribution in [1.29, 1.82) is 0 Å². The highest BCUT2D eigenvalue weighted by molar-refractivity contribution is 5.69. The summed E-state index contributed by atoms with van der Waals surface area (Å²) in [5.74, 6) is 1.73. The van der Waals surface area contributed by atoms with E-state index in [1.807, 2.05) is 0 Å². The van der Waals surface area contributed by atoms with E-state index in [9.17, 15) is 4.79 Å². The van der Waals surface area contributed by atoms with Gasteiger partial charge in [-0.1, -0.05) is 71.1 Å². The van der Waals surface area contributed by atoms with Gasteiger partial charge in [-0.25, -0.2) is 0 Å². The van der Waals surface area contributed by atoms with Crippen LogP contribution in [0.15, 0.2) is 0 Å². The van der Waals surface area contributed by atoms with Crippen LogP contribution in [-0.2, 0) is 9.53 Å². The molecule has 24 heavy (non-hydrogen) atoms. The Morgan fingerprint density at radius 1 is 1.00 bits per heavy atom. The average Bonchev–Trinajstić information content (AvgIpc) is 3.33. The number of ether oxygens (including phenoxy) is 1. The highest BCUT2D eigenvalue weighted by atomic mass is 16.5. The van der Waals surface area contributed by atoms with Gasteiger partial charge in [-0.15, -0.1) is 0 Å². The first-order valence-electron chi connectivity index (χ1n) is 10.1. The topological polar surface area (TPSA) is 66.8 Å². The smallest absolute Gasteiger partial charge is 0.305 e. The largest absolute Gasteiger partial charge is 0.463 e. The van der Waals surface area contributed by atoms with E-state index in [0.717, 1.165) is 24.7 Å². The molecule has 0 bridgehead atoms. The number of aliphatic hydroxyl groups excluding tert-OH is 2. The van der Waals surface area contributed by atoms with Gasteiger partial charge in [-0.3, -0.25) is 4.79 Å². The summed E-state index contributed by atoms with van der Waals surface area (Å²) in [5.41, 5.74) is 0. The number of carbonyl (C=O) groups is 1. The third-order valence-electron chi connectivity index (χ3n) is 5.10. The molecule has 3 atom stereocenters. The van der Waals surface area contributed by atoms with E-state index in [1.165, 1.54) is 64.2 Å². The Balaban J connectivity index is 1.82. The lowest BCUT2D eigenvalue weighted by atomic mass is 10.0. The molecule has 0 aromatic rings. The monoisotopic (exact) mass is 342 g/mol. The second-order valence-electron chi connectivity index (χ2n) is 7.43. The lowest BCUT2D eigenvalue weighted by Crippen LogP contribution is -2.21. The molecule has 0 heterocycles. The second kappa shape index (κ2) is 13.7. The number of hydrogen-bond acceptors (Lipinski definition) is 4. The molecule has 0 radical (unpaired) electrons. The standard InChI is InChI=1S/C20H38O4/c1-2-3-4-5-8-11-17-14-18(17)12-9-6-7-10-13-20(23)24-16-19(22)15-21/h17-19,21-22H,2-16H2,1H3. The van der Waals surface area contributed by atoms with Crippen molar-refractivity contribution in [2.24, 2.45) is 11.8 Å². The van der Waals surface area contributed by atoms with Gasteiger partial charge in [0.1, 0.15) is 12.7 Å². The van der Waals surface area contributed by atoms with E-state index in [1.54, 1.807) is 0 Å². The van der Waals surface area contributed by atoms with Gasteiger partial charge in [0, 0.05) is 6.42 Å². The van der Waals surface area contributed by atoms with Gasteiger partial charge in [0.05, 0.1) is 6.61 Å². The molecular weight excluding hydrogens is 304 g/mol. The fourth-order valence-corrected chi connectivity index (χ4v) is 3.37. The highest BCUT2D eigenvalue weighted by Gasteiger charge is 2.34. The van der Waals surface area contributed by atoms with Crippen LogP contribution in [0.4, 0.5) is 0 Å². The summed E-state index contributed by atoms with van der Waals surface area (Å²) < 4.78 is 4.88. The highest BCUT2D eigenvalue weighted by Crippen LogP contribution is 2.45. The molecule has 0 spiro atoms. The van der Waals surface area contributed by atoms with Crippen molar-refractivity contribution in [3.8, 4) is 0 Å². The summed E-state index contributed by atoms with van der Waals surface area (Å²) in [7, 11) is 0. The minimum absolute atomic E-state index is 0.100. The van der Waals surface area contributed by atoms with Crippen molar-refractivity contribution in [2.75, 3.05) is 13.2 Å². The average molecular weight is 343 g/mol. The van der Waals surface area contributed by atoms with Crippen molar-refractivity contribution in [1.82, 2.24) is 0 Å². The lowest BCUT2D eigenvalue weighted by Gasteiger charge is -2.08. The summed E-state index contributed by atoms with van der Waals surface area (Å²) in [6.45, 7) is 1.80. The molecule has 0 aliphatic heterocycles. The first-order chi connectivity index (χ1) is 11.7. The maximum Gasteiger partial charge on any atom is 0.305 e. The molecule has 1 fully saturated rings. The Hall–Kier alpha value is -0.610. The molecule has 4 nitrogen and oxygen atoms in total. The first-order valence-corrected chi connectivity index (χ1v) is 10.1. The van der Waals surface area contributed by atoms with Crippen LogP contribution in [0.25, 0.3) is 0 Å². The molecule has 0 aromatic heterocycles. The molecule has 0 saturated heterocycles. The van der Waals surface area contributed by atoms with Crippen LogP contribution in [0.1, 0.15) is 90.4 Å². The second-order valence-corrected chi connectivity index (χ2v) is 7.43. The minimum atomic E-state index is -0.952. The Labute approximate surface area is 148 Å². The number of hydrogen-bond donors (Lipinski definition) is 2. The van der Waals surface area contributed by atoms with Crippen LogP contribution in [-0.4, -0.2) is 35.5 Å². The molecule has 142 valence electrons. The summed E-state index contributed by atoms with van der Waals surface area (Å²) in [6, 6.07) is 0. The van der Waals surface area contributed by atoms with Crippen LogP contribution < -0.4 is 0 Å². The van der Waals surface area contributed by atoms with Crippen molar-refractivity contribution < 1.29 is 19.7 Å². The van der Waals surface area contributed by atoms with Crippen molar-refractivity contribution >= 4 is 5.97 Å². The predicted octanol–water partition coefficient (Wildman–Crippen LogP) is 4.22. The molecule has 1 saturated carbocycles. The summed E-state index contributed by atoms with van der Waals surface area (Å²) in [4.78, 5) is 11.4. The van der Waals surface area contributed by atoms with Gasteiger partial charge in [-0.2, -0.15) is 0 Å². The Bertz CT molecular complexity index is 319. The predicted molar refractivity (Wildman–Crippen MR) is 96.7 cm³/mol. The fraction of sp³-hybridized carbons (Fsp3) is 0.950. The molecule has 1 aliphatic carbocycles. The van der Waals surface area contributed by atoms with Crippen molar-refractivity contribution in [3.05, 3.63) is 0 Å². The number of unbranched alkanes of at least 4 members (excludes halogenated alkanes) is 7. The van der Waals surface area contributed by atoms with Gasteiger partial charge in [-0.05, 0) is 24.7 Å². The van der Waals surface area contributed by atoms with Gasteiger partial charge in [0.25, 0.3) is 0 Å². The fourth-order valence-electron chi connectivity index (χ4n) is 3.37. The third-order valence-corrected chi connectivity index (χ3v) is 5.10. The molecular formula is C20H38O4. The van der Waals surface area contributed by atoms with E-state index < -0.39 is 6.10 Å². The maximum absolute atomic E-state index is 11.4. The van der Waals surface area contributed by atoms with E-state index in [4.69, 9.17) is 14.9 Å². The Kier molecular flexibility index (Phi) is 12.2. The van der Waals surface area contributed by atoms with Gasteiger partial charge in [0.2, 0.25) is 0 Å². The van der Waals surface area contributed by atoms with Crippen LogP contribution >= 0.6 is 0 Å². The molecule has 2 N–H and O–H groups in total. The summed E-state index contributed by atoms with van der Waals surface area (Å²) >= 11 is 0. The molecule has 4 heteroatoms. The molecule has 3 unspecified atom stereocenters. The number of carbonyl (C=O) groups excluding carboxylic acids is 1. The van der Waals surface area contributed by atoms with Crippen LogP contribution in [0.5, 0.6) is 0 Å². The summed E-state index contributed by atoms with van der Waals surface area (Å²) in [5, 5.41) is 17.7. The Morgan fingerprint density at radius 3 is 2.17 bits per heavy atom. The van der Waals surface area contributed by atoms with Gasteiger partial charge >= 0.3 is 5.97 Å². The van der Waals surface area contributed by atoms with E-state index >= 15 is 0 Å². The molecule has 1 rings (SSSR count). The van der Waals surface area contributed by atoms with Gasteiger partial charge < -0.3 is 14.9 Å². The maximum atomic E-state index is 11.4. The lowest BCUT2D eigenvalue weighted by molar-refractivity contribution is -0.147. The minimum Gasteiger partial charge on any atom is -0.463 e.